The summed E-state index contributed by atoms with van der Waals surface area (Å²) in [5, 5.41) is 9.34. The second-order valence-corrected chi connectivity index (χ2v) is 3.21. The summed E-state index contributed by atoms with van der Waals surface area (Å²) >= 11 is 0. The van der Waals surface area contributed by atoms with Crippen molar-refractivity contribution in [3.63, 3.8) is 0 Å². The van der Waals surface area contributed by atoms with Gasteiger partial charge in [-0.05, 0) is 6.42 Å². The van der Waals surface area contributed by atoms with E-state index in [1.807, 2.05) is 13.8 Å². The third-order valence-electron chi connectivity index (χ3n) is 1.88. The van der Waals surface area contributed by atoms with Crippen LogP contribution in [0, 0.1) is 0 Å². The van der Waals surface area contributed by atoms with E-state index in [1.54, 1.807) is 0 Å². The van der Waals surface area contributed by atoms with Crippen molar-refractivity contribution in [1.82, 2.24) is 0 Å². The summed E-state index contributed by atoms with van der Waals surface area (Å²) in [5.41, 5.74) is 0. The maximum absolute atomic E-state index is 11.2. The molecule has 14 heavy (non-hydrogen) atoms. The maximum Gasteiger partial charge on any atom is 0.310 e. The van der Waals surface area contributed by atoms with E-state index in [4.69, 9.17) is 9.47 Å². The first-order valence-corrected chi connectivity index (χ1v) is 5.04. The van der Waals surface area contributed by atoms with E-state index in [-0.39, 0.29) is 6.42 Å². The molecule has 0 amide bonds. The summed E-state index contributed by atoms with van der Waals surface area (Å²) in [6, 6.07) is 0. The van der Waals surface area contributed by atoms with Crippen molar-refractivity contribution in [2.24, 2.45) is 0 Å². The molecule has 0 bridgehead atoms. The van der Waals surface area contributed by atoms with Crippen LogP contribution in [0.25, 0.3) is 0 Å². The average Bonchev–Trinajstić information content (AvgIpc) is 2.14. The van der Waals surface area contributed by atoms with Gasteiger partial charge in [-0.25, -0.2) is 0 Å². The highest BCUT2D eigenvalue weighted by Gasteiger charge is 2.15. The van der Waals surface area contributed by atoms with Gasteiger partial charge in [0.05, 0.1) is 12.5 Å². The van der Waals surface area contributed by atoms with E-state index in [0.717, 1.165) is 6.42 Å². The largest absolute Gasteiger partial charge is 0.436 e. The number of methoxy groups -OCH3 is 1. The minimum absolute atomic E-state index is 0.0493. The van der Waals surface area contributed by atoms with Crippen molar-refractivity contribution in [1.29, 1.82) is 0 Å². The zero-order valence-electron chi connectivity index (χ0n) is 9.16. The number of ether oxygens (including phenoxy) is 2. The summed E-state index contributed by atoms with van der Waals surface area (Å²) in [6.45, 7) is 3.82. The Labute approximate surface area is 85.2 Å². The number of aliphatic hydroxyl groups is 1. The second-order valence-electron chi connectivity index (χ2n) is 3.21. The first-order chi connectivity index (χ1) is 6.63. The van der Waals surface area contributed by atoms with Gasteiger partial charge in [0.2, 0.25) is 6.29 Å². The van der Waals surface area contributed by atoms with Gasteiger partial charge in [0, 0.05) is 13.5 Å². The lowest BCUT2D eigenvalue weighted by Crippen LogP contribution is -2.22. The first-order valence-electron chi connectivity index (χ1n) is 5.04. The minimum atomic E-state index is -0.595. The monoisotopic (exact) mass is 204 g/mol. The molecule has 0 saturated heterocycles. The molecule has 2 atom stereocenters. The Bertz CT molecular complexity index is 154. The van der Waals surface area contributed by atoms with Crippen LogP contribution < -0.4 is 0 Å². The van der Waals surface area contributed by atoms with Crippen molar-refractivity contribution in [3.8, 4) is 0 Å². The molecule has 0 radical (unpaired) electrons. The van der Waals surface area contributed by atoms with E-state index in [2.05, 4.69) is 0 Å². The third-order valence-corrected chi connectivity index (χ3v) is 1.88. The van der Waals surface area contributed by atoms with Crippen LogP contribution in [-0.4, -0.2) is 30.6 Å². The molecule has 84 valence electrons. The molecule has 4 heteroatoms. The van der Waals surface area contributed by atoms with Crippen LogP contribution in [0.15, 0.2) is 0 Å². The molecule has 0 heterocycles. The molecule has 0 aliphatic rings. The van der Waals surface area contributed by atoms with Gasteiger partial charge in [-0.3, -0.25) is 4.79 Å². The highest BCUT2D eigenvalue weighted by molar-refractivity contribution is 5.70. The number of carbonyl (C=O) groups is 1. The van der Waals surface area contributed by atoms with Gasteiger partial charge in [-0.15, -0.1) is 0 Å². The van der Waals surface area contributed by atoms with Crippen molar-refractivity contribution in [2.45, 2.75) is 51.9 Å². The number of hydrogen-bond donors (Lipinski definition) is 1. The average molecular weight is 204 g/mol. The van der Waals surface area contributed by atoms with Gasteiger partial charge in [0.1, 0.15) is 0 Å². The number of hydrogen-bond acceptors (Lipinski definition) is 4. The summed E-state index contributed by atoms with van der Waals surface area (Å²) in [4.78, 5) is 11.2. The summed E-state index contributed by atoms with van der Waals surface area (Å²) in [5.74, 6) is -0.403. The minimum Gasteiger partial charge on any atom is -0.436 e. The molecule has 0 fully saturated rings. The van der Waals surface area contributed by atoms with Crippen LogP contribution in [0.1, 0.15) is 39.5 Å². The fraction of sp³-hybridized carbons (Fsp3) is 0.900. The molecule has 0 aromatic rings. The van der Waals surface area contributed by atoms with Gasteiger partial charge in [0.25, 0.3) is 0 Å². The van der Waals surface area contributed by atoms with E-state index in [9.17, 15) is 9.90 Å². The maximum atomic E-state index is 11.2. The Balaban J connectivity index is 3.73. The van der Waals surface area contributed by atoms with E-state index < -0.39 is 18.4 Å². The molecular weight excluding hydrogens is 184 g/mol. The molecule has 0 saturated carbocycles. The van der Waals surface area contributed by atoms with Gasteiger partial charge in [-0.1, -0.05) is 20.3 Å². The lowest BCUT2D eigenvalue weighted by Gasteiger charge is -2.15. The molecule has 0 aliphatic carbocycles. The smallest absolute Gasteiger partial charge is 0.310 e. The molecule has 4 nitrogen and oxygen atoms in total. The predicted molar refractivity (Wildman–Crippen MR) is 52.7 cm³/mol. The number of aliphatic hydroxyl groups excluding tert-OH is 1. The molecule has 0 spiro atoms. The topological polar surface area (TPSA) is 55.8 Å². The number of rotatable bonds is 7. The van der Waals surface area contributed by atoms with Crippen molar-refractivity contribution in [3.05, 3.63) is 0 Å². The quantitative estimate of drug-likeness (QED) is 0.504. The Morgan fingerprint density at radius 1 is 1.43 bits per heavy atom. The SMILES string of the molecule is CCCC(O)CC(=O)OC(CC)OC. The lowest BCUT2D eigenvalue weighted by molar-refractivity contribution is -0.175. The number of carbonyl (C=O) groups excluding carboxylic acids is 1. The van der Waals surface area contributed by atoms with Crippen LogP contribution in [0.2, 0.25) is 0 Å². The van der Waals surface area contributed by atoms with Crippen molar-refractivity contribution < 1.29 is 19.4 Å². The normalized spacial score (nSPS) is 14.9. The molecule has 0 aromatic carbocycles. The standard InChI is InChI=1S/C10H20O4/c1-4-6-8(11)7-9(12)14-10(5-2)13-3/h8,10-11H,4-7H2,1-3H3. The zero-order valence-corrected chi connectivity index (χ0v) is 9.16. The third kappa shape index (κ3) is 5.94. The Kier molecular flexibility index (Phi) is 7.42. The lowest BCUT2D eigenvalue weighted by atomic mass is 10.1. The van der Waals surface area contributed by atoms with Crippen molar-refractivity contribution in [2.75, 3.05) is 7.11 Å². The van der Waals surface area contributed by atoms with Crippen LogP contribution in [0.4, 0.5) is 0 Å². The molecule has 0 aliphatic heterocycles. The van der Waals surface area contributed by atoms with E-state index in [0.29, 0.717) is 12.8 Å². The molecule has 0 aromatic heterocycles. The Morgan fingerprint density at radius 3 is 2.50 bits per heavy atom. The number of esters is 1. The van der Waals surface area contributed by atoms with E-state index >= 15 is 0 Å². The highest BCUT2D eigenvalue weighted by Crippen LogP contribution is 2.06. The van der Waals surface area contributed by atoms with Gasteiger partial charge in [0.15, 0.2) is 0 Å². The van der Waals surface area contributed by atoms with Gasteiger partial charge in [-0.2, -0.15) is 0 Å². The molecule has 1 N–H and O–H groups in total. The summed E-state index contributed by atoms with van der Waals surface area (Å²) < 4.78 is 9.83. The predicted octanol–water partition coefficient (Wildman–Crippen LogP) is 1.46. The van der Waals surface area contributed by atoms with Crippen LogP contribution in [0.3, 0.4) is 0 Å². The Hall–Kier alpha value is -0.610. The van der Waals surface area contributed by atoms with E-state index in [1.165, 1.54) is 7.11 Å². The molecular formula is C10H20O4. The first kappa shape index (κ1) is 13.4. The molecule has 2 unspecified atom stereocenters. The fourth-order valence-electron chi connectivity index (χ4n) is 1.12. The molecule has 0 rings (SSSR count). The Morgan fingerprint density at radius 2 is 2.07 bits per heavy atom. The van der Waals surface area contributed by atoms with Gasteiger partial charge >= 0.3 is 5.97 Å². The fourth-order valence-corrected chi connectivity index (χ4v) is 1.12. The second kappa shape index (κ2) is 7.76. The van der Waals surface area contributed by atoms with Crippen LogP contribution in [-0.2, 0) is 14.3 Å². The van der Waals surface area contributed by atoms with Crippen LogP contribution in [0.5, 0.6) is 0 Å². The van der Waals surface area contributed by atoms with Crippen molar-refractivity contribution >= 4 is 5.97 Å². The van der Waals surface area contributed by atoms with Crippen LogP contribution >= 0.6 is 0 Å². The summed E-state index contributed by atoms with van der Waals surface area (Å²) in [6.07, 6.45) is 1.06. The summed E-state index contributed by atoms with van der Waals surface area (Å²) in [7, 11) is 1.49. The van der Waals surface area contributed by atoms with Gasteiger partial charge < -0.3 is 14.6 Å². The zero-order chi connectivity index (χ0) is 11.0. The highest BCUT2D eigenvalue weighted by atomic mass is 16.7.